The van der Waals surface area contributed by atoms with Gasteiger partial charge in [0, 0.05) is 0 Å². The molecule has 20 nitrogen and oxygen atoms in total. The number of quaternary nitrogens is 2. The van der Waals surface area contributed by atoms with Gasteiger partial charge in [-0.2, -0.15) is 0 Å². The van der Waals surface area contributed by atoms with E-state index in [2.05, 4.69) is 0 Å². The third kappa shape index (κ3) is 3770. The van der Waals surface area contributed by atoms with Gasteiger partial charge in [0.1, 0.15) is 0 Å². The Bertz CT molecular complexity index is 498. The molecule has 32 heteroatoms. The first-order valence-corrected chi connectivity index (χ1v) is 23.2. The van der Waals surface area contributed by atoms with Crippen LogP contribution in [-0.2, 0) is 144 Å². The molecule has 0 saturated carbocycles. The van der Waals surface area contributed by atoms with Gasteiger partial charge in [-0.05, 0) is 0 Å². The summed E-state index contributed by atoms with van der Waals surface area (Å²) in [5, 5.41) is 0. The monoisotopic (exact) mass is 1670 g/mol. The summed E-state index contributed by atoms with van der Waals surface area (Å²) < 4.78 is 150. The van der Waals surface area contributed by atoms with Gasteiger partial charge in [0.15, 0.2) is 0 Å². The summed E-state index contributed by atoms with van der Waals surface area (Å²) in [7, 11) is 0. The standard InChI is InChI=1S/6ClH.2H3N.4H2O.14O.6Re/h6*1H;2*1H3;4*1H2;;;;;;;;;;;;;;;;;;;;/q;;;;;;;;;;;;;;;;;;;;;;;;2*-1;;;4*+1/p-2. The van der Waals surface area contributed by atoms with Crippen LogP contribution in [0.25, 0.3) is 0 Å². The van der Waals surface area contributed by atoms with E-state index in [1.165, 1.54) is 0 Å². The van der Waals surface area contributed by atoms with Crippen LogP contribution >= 0.6 is 74.4 Å². The molecule has 0 aromatic carbocycles. The van der Waals surface area contributed by atoms with Crippen molar-refractivity contribution in [2.75, 3.05) is 0 Å². The van der Waals surface area contributed by atoms with Gasteiger partial charge in [0.05, 0.1) is 0 Å². The molecule has 0 aromatic rings. The van der Waals surface area contributed by atoms with E-state index in [0.29, 0.717) is 0 Å². The Morgan fingerprint density at radius 1 is 0.344 bits per heavy atom. The van der Waals surface area contributed by atoms with Crippen LogP contribution in [0.15, 0.2) is 0 Å². The van der Waals surface area contributed by atoms with Gasteiger partial charge in [-0.1, -0.05) is 0 Å². The Kier molecular flexibility index (Phi) is 241. The fraction of sp³-hybridized carbons (Fsp3) is 0. The fourth-order valence-electron chi connectivity index (χ4n) is 0. The van der Waals surface area contributed by atoms with Gasteiger partial charge in [-0.15, -0.1) is 74.4 Å². The Balaban J connectivity index is -0.00000000964. The summed E-state index contributed by atoms with van der Waals surface area (Å²) in [6.45, 7) is 0. The third-order valence-corrected chi connectivity index (χ3v) is 0. The molecule has 0 atom stereocenters. The van der Waals surface area contributed by atoms with E-state index in [1.54, 1.807) is 0 Å². The molecule has 0 spiro atoms. The first-order valence-electron chi connectivity index (χ1n) is 2.84. The van der Waals surface area contributed by atoms with E-state index in [1.807, 2.05) is 0 Å². The van der Waals surface area contributed by atoms with Crippen molar-refractivity contribution in [3.8, 4) is 0 Å². The van der Waals surface area contributed by atoms with Crippen LogP contribution < -0.4 is 20.0 Å². The molecular formula is H18Cl6N2O18Re6. The molecule has 0 aliphatic carbocycles. The summed E-state index contributed by atoms with van der Waals surface area (Å²) in [4.78, 5) is 0. The second-order valence-corrected chi connectivity index (χ2v) is 9.68. The maximum atomic E-state index is 8.71. The summed E-state index contributed by atoms with van der Waals surface area (Å²) in [6.07, 6.45) is 0. The van der Waals surface area contributed by atoms with Crippen molar-refractivity contribution >= 4 is 74.4 Å². The summed E-state index contributed by atoms with van der Waals surface area (Å²) in [5.74, 6) is 0. The Morgan fingerprint density at radius 3 is 0.344 bits per heavy atom. The van der Waals surface area contributed by atoms with Crippen molar-refractivity contribution in [3.05, 3.63) is 0 Å². The van der Waals surface area contributed by atoms with Crippen molar-refractivity contribution < 1.29 is 167 Å². The van der Waals surface area contributed by atoms with Crippen molar-refractivity contribution in [2.24, 2.45) is 0 Å². The predicted octanol–water partition coefficient (Wildman–Crippen LogP) is -2.76. The van der Waals surface area contributed by atoms with Gasteiger partial charge in [0.2, 0.25) is 0 Å². The SMILES string of the molecule is Cl.Cl.Cl.Cl.Cl.Cl.[NH4+].[NH4+].[O]=[Re](=[O])[O-].[O]=[Re](=[O])[O-].[O]=[Re](=[O])[OH].[O]=[Re](=[O])[OH].[O]=[Re](=[O])[OH].[O]=[Re](=[O])[OH]. The van der Waals surface area contributed by atoms with Gasteiger partial charge in [0.25, 0.3) is 0 Å². The molecule has 0 heterocycles. The van der Waals surface area contributed by atoms with Crippen LogP contribution in [0.4, 0.5) is 0 Å². The molecule has 0 aliphatic rings. The molecule has 0 bridgehead atoms. The van der Waals surface area contributed by atoms with E-state index in [0.717, 1.165) is 0 Å². The predicted molar refractivity (Wildman–Crippen MR) is 72.6 cm³/mol. The maximum absolute atomic E-state index is 8.71. The molecule has 0 saturated heterocycles. The van der Waals surface area contributed by atoms with Gasteiger partial charge in [-0.25, -0.2) is 0 Å². The van der Waals surface area contributed by atoms with E-state index >= 15 is 0 Å². The topological polar surface area (TPSA) is 405 Å². The van der Waals surface area contributed by atoms with Crippen molar-refractivity contribution in [3.63, 3.8) is 0 Å². The van der Waals surface area contributed by atoms with Crippen LogP contribution in [0.2, 0.25) is 0 Å². The van der Waals surface area contributed by atoms with E-state index < -0.39 is 102 Å². The number of hydrogen-bond acceptors (Lipinski definition) is 14. The summed E-state index contributed by atoms with van der Waals surface area (Å²) in [6, 6.07) is 0. The first kappa shape index (κ1) is 91.8. The Morgan fingerprint density at radius 2 is 0.344 bits per heavy atom. The fourth-order valence-corrected chi connectivity index (χ4v) is 0. The number of rotatable bonds is 0. The van der Waals surface area contributed by atoms with E-state index in [4.69, 9.17) is 64.6 Å². The Labute approximate surface area is 250 Å². The van der Waals surface area contributed by atoms with Crippen LogP contribution in [0, 0.1) is 0 Å². The second-order valence-electron chi connectivity index (χ2n) is 1.18. The molecule has 0 aromatic heterocycles. The zero-order valence-corrected chi connectivity index (χ0v) is 35.4. The summed E-state index contributed by atoms with van der Waals surface area (Å²) in [5.41, 5.74) is 0. The number of hydrogen-bond donors (Lipinski definition) is 6. The zero-order valence-electron chi connectivity index (χ0n) is 14.2. The minimum absolute atomic E-state index is 0. The molecule has 0 aliphatic heterocycles. The molecule has 0 radical (unpaired) electrons. The Hall–Kier alpha value is 2.99. The molecule has 0 rings (SSSR count). The first-order chi connectivity index (χ1) is 10.4. The molecule has 0 fully saturated rings. The van der Waals surface area contributed by atoms with E-state index in [9.17, 15) is 0 Å². The van der Waals surface area contributed by atoms with Crippen LogP contribution in [-0.4, -0.2) is 15.3 Å². The average molecular weight is 1660 g/mol. The molecule has 12 N–H and O–H groups in total. The van der Waals surface area contributed by atoms with Crippen LogP contribution in [0.5, 0.6) is 0 Å². The molecule has 220 valence electrons. The van der Waals surface area contributed by atoms with Gasteiger partial charge < -0.3 is 12.3 Å². The van der Waals surface area contributed by atoms with Crippen molar-refractivity contribution in [1.82, 2.24) is 12.3 Å². The quantitative estimate of drug-likeness (QED) is 0.143. The molecule has 32 heavy (non-hydrogen) atoms. The minimum atomic E-state index is -4.21. The van der Waals surface area contributed by atoms with Crippen molar-refractivity contribution in [2.45, 2.75) is 0 Å². The van der Waals surface area contributed by atoms with E-state index in [-0.39, 0.29) is 86.7 Å². The van der Waals surface area contributed by atoms with Crippen molar-refractivity contribution in [1.29, 1.82) is 0 Å². The van der Waals surface area contributed by atoms with Gasteiger partial charge in [-0.3, -0.25) is 0 Å². The molecular weight excluding hydrogens is 1650 g/mol. The second kappa shape index (κ2) is 84.0. The van der Waals surface area contributed by atoms with Crippen LogP contribution in [0.3, 0.4) is 0 Å². The van der Waals surface area contributed by atoms with Crippen LogP contribution in [0.1, 0.15) is 0 Å². The number of halogens is 6. The zero-order chi connectivity index (χ0) is 21.5. The molecule has 0 amide bonds. The molecule has 0 unspecified atom stereocenters. The third-order valence-electron chi connectivity index (χ3n) is 0. The van der Waals surface area contributed by atoms with Gasteiger partial charge >= 0.3 is 167 Å². The summed E-state index contributed by atoms with van der Waals surface area (Å²) >= 11 is -24.3. The normalized spacial score (nSPS) is 6.38. The average Bonchev–Trinajstić information content (AvgIpc) is 2.08.